The largest absolute Gasteiger partial charge is 0.507 e. The van der Waals surface area contributed by atoms with Gasteiger partial charge < -0.3 is 20.1 Å². The first-order valence-corrected chi connectivity index (χ1v) is 9.09. The minimum Gasteiger partial charge on any atom is -0.507 e. The van der Waals surface area contributed by atoms with E-state index in [0.717, 1.165) is 0 Å². The number of nitrogens with one attached hydrogen (secondary N) is 1. The highest BCUT2D eigenvalue weighted by Crippen LogP contribution is 2.24. The van der Waals surface area contributed by atoms with Gasteiger partial charge in [0.1, 0.15) is 11.5 Å². The summed E-state index contributed by atoms with van der Waals surface area (Å²) in [5.74, 6) is -0.00994. The first-order chi connectivity index (χ1) is 13.0. The number of amides is 2. The van der Waals surface area contributed by atoms with E-state index in [-0.39, 0.29) is 23.6 Å². The topological polar surface area (TPSA) is 78.9 Å². The number of piperidine rings is 1. The van der Waals surface area contributed by atoms with Crippen molar-refractivity contribution < 1.29 is 19.4 Å². The molecule has 1 heterocycles. The Morgan fingerprint density at radius 1 is 1.15 bits per heavy atom. The van der Waals surface area contributed by atoms with Crippen molar-refractivity contribution in [1.82, 2.24) is 10.2 Å². The van der Waals surface area contributed by atoms with Gasteiger partial charge in [-0.1, -0.05) is 23.7 Å². The van der Waals surface area contributed by atoms with Gasteiger partial charge in [0.15, 0.2) is 0 Å². The zero-order valence-electron chi connectivity index (χ0n) is 14.9. The molecule has 7 heteroatoms. The van der Waals surface area contributed by atoms with Gasteiger partial charge in [-0.2, -0.15) is 0 Å². The van der Waals surface area contributed by atoms with Gasteiger partial charge in [0, 0.05) is 24.2 Å². The summed E-state index contributed by atoms with van der Waals surface area (Å²) in [5, 5.41) is 13.3. The quantitative estimate of drug-likeness (QED) is 0.843. The number of carbonyl (C=O) groups excluding carboxylic acids is 2. The van der Waals surface area contributed by atoms with E-state index in [0.29, 0.717) is 47.8 Å². The first-order valence-electron chi connectivity index (χ1n) is 8.71. The second kappa shape index (κ2) is 8.31. The minimum atomic E-state index is -0.250. The molecule has 1 saturated heterocycles. The average molecular weight is 389 g/mol. The highest BCUT2D eigenvalue weighted by Gasteiger charge is 2.26. The molecule has 0 unspecified atom stereocenters. The summed E-state index contributed by atoms with van der Waals surface area (Å²) < 4.78 is 5.22. The van der Waals surface area contributed by atoms with Crippen LogP contribution in [-0.2, 0) is 0 Å². The van der Waals surface area contributed by atoms with Crippen LogP contribution in [0.3, 0.4) is 0 Å². The van der Waals surface area contributed by atoms with Crippen LogP contribution in [-0.4, -0.2) is 48.1 Å². The molecular formula is C20H21ClN2O4. The van der Waals surface area contributed by atoms with Crippen LogP contribution >= 0.6 is 11.6 Å². The predicted octanol–water partition coefficient (Wildman–Crippen LogP) is 3.09. The molecule has 0 aromatic heterocycles. The lowest BCUT2D eigenvalue weighted by Crippen LogP contribution is -2.46. The van der Waals surface area contributed by atoms with Crippen molar-refractivity contribution in [1.29, 1.82) is 0 Å². The number of aromatic hydroxyl groups is 1. The first kappa shape index (κ1) is 19.0. The number of methoxy groups -OCH3 is 1. The number of carbonyl (C=O) groups is 2. The number of hydrogen-bond donors (Lipinski definition) is 2. The molecular weight excluding hydrogens is 368 g/mol. The molecule has 142 valence electrons. The van der Waals surface area contributed by atoms with E-state index in [4.69, 9.17) is 16.3 Å². The third-order valence-electron chi connectivity index (χ3n) is 4.66. The molecule has 6 nitrogen and oxygen atoms in total. The summed E-state index contributed by atoms with van der Waals surface area (Å²) in [7, 11) is 1.50. The van der Waals surface area contributed by atoms with Gasteiger partial charge in [0.2, 0.25) is 0 Å². The summed E-state index contributed by atoms with van der Waals surface area (Å²) in [6.07, 6.45) is 1.27. The summed E-state index contributed by atoms with van der Waals surface area (Å²) in [4.78, 5) is 26.8. The Morgan fingerprint density at radius 3 is 2.52 bits per heavy atom. The fourth-order valence-corrected chi connectivity index (χ4v) is 3.34. The Hall–Kier alpha value is -2.73. The zero-order chi connectivity index (χ0) is 19.4. The highest BCUT2D eigenvalue weighted by molar-refractivity contribution is 6.31. The maximum atomic E-state index is 12.6. The Balaban J connectivity index is 1.60. The standard InChI is InChI=1S/C20H21ClN2O4/c1-27-18-7-6-13(21)12-16(18)19(25)22-14-8-10-23(11-9-14)20(26)15-4-2-3-5-17(15)24/h2-7,12,14,24H,8-11H2,1H3,(H,22,25). The monoisotopic (exact) mass is 388 g/mol. The molecule has 3 rings (SSSR count). The van der Waals surface area contributed by atoms with Gasteiger partial charge in [-0.05, 0) is 43.2 Å². The van der Waals surface area contributed by atoms with Crippen molar-refractivity contribution in [3.8, 4) is 11.5 Å². The molecule has 27 heavy (non-hydrogen) atoms. The van der Waals surface area contributed by atoms with Crippen molar-refractivity contribution in [3.05, 3.63) is 58.6 Å². The number of nitrogens with zero attached hydrogens (tertiary/aromatic N) is 1. The molecule has 0 aliphatic carbocycles. The van der Waals surface area contributed by atoms with Crippen LogP contribution < -0.4 is 10.1 Å². The van der Waals surface area contributed by atoms with E-state index in [1.165, 1.54) is 13.2 Å². The van der Waals surface area contributed by atoms with E-state index >= 15 is 0 Å². The molecule has 0 spiro atoms. The molecule has 0 radical (unpaired) electrons. The number of rotatable bonds is 4. The Labute approximate surface area is 162 Å². The van der Waals surface area contributed by atoms with Gasteiger partial charge >= 0.3 is 0 Å². The molecule has 1 aliphatic rings. The minimum absolute atomic E-state index is 0.0222. The second-order valence-electron chi connectivity index (χ2n) is 6.40. The summed E-state index contributed by atoms with van der Waals surface area (Å²) in [6, 6.07) is 11.4. The molecule has 1 aliphatic heterocycles. The number of halogens is 1. The number of para-hydroxylation sites is 1. The predicted molar refractivity (Wildman–Crippen MR) is 103 cm³/mol. The van der Waals surface area contributed by atoms with Crippen molar-refractivity contribution in [2.75, 3.05) is 20.2 Å². The van der Waals surface area contributed by atoms with E-state index < -0.39 is 0 Å². The van der Waals surface area contributed by atoms with E-state index in [2.05, 4.69) is 5.32 Å². The lowest BCUT2D eigenvalue weighted by molar-refractivity contribution is 0.0695. The fourth-order valence-electron chi connectivity index (χ4n) is 3.17. The van der Waals surface area contributed by atoms with Gasteiger partial charge in [0.05, 0.1) is 18.2 Å². The summed E-state index contributed by atoms with van der Waals surface area (Å²) in [5.41, 5.74) is 0.682. The number of benzene rings is 2. The Kier molecular flexibility index (Phi) is 5.86. The smallest absolute Gasteiger partial charge is 0.257 e. The maximum absolute atomic E-state index is 12.6. The SMILES string of the molecule is COc1ccc(Cl)cc1C(=O)NC1CCN(C(=O)c2ccccc2O)CC1. The highest BCUT2D eigenvalue weighted by atomic mass is 35.5. The van der Waals surface area contributed by atoms with Crippen molar-refractivity contribution >= 4 is 23.4 Å². The molecule has 2 aromatic carbocycles. The fraction of sp³-hybridized carbons (Fsp3) is 0.300. The number of ether oxygens (including phenoxy) is 1. The maximum Gasteiger partial charge on any atom is 0.257 e. The number of likely N-dealkylation sites (tertiary alicyclic amines) is 1. The van der Waals surface area contributed by atoms with Crippen molar-refractivity contribution in [3.63, 3.8) is 0 Å². The number of phenols is 1. The van der Waals surface area contributed by atoms with Crippen LogP contribution in [0.4, 0.5) is 0 Å². The van der Waals surface area contributed by atoms with Gasteiger partial charge in [-0.25, -0.2) is 0 Å². The molecule has 1 fully saturated rings. The molecule has 0 bridgehead atoms. The Bertz CT molecular complexity index is 848. The van der Waals surface area contributed by atoms with Gasteiger partial charge in [-0.15, -0.1) is 0 Å². The van der Waals surface area contributed by atoms with Crippen LogP contribution in [0.1, 0.15) is 33.6 Å². The van der Waals surface area contributed by atoms with Gasteiger partial charge in [-0.3, -0.25) is 9.59 Å². The van der Waals surface area contributed by atoms with Crippen LogP contribution in [0.5, 0.6) is 11.5 Å². The molecule has 0 atom stereocenters. The van der Waals surface area contributed by atoms with E-state index in [1.807, 2.05) is 0 Å². The summed E-state index contributed by atoms with van der Waals surface area (Å²) in [6.45, 7) is 1.01. The lowest BCUT2D eigenvalue weighted by Gasteiger charge is -2.32. The Morgan fingerprint density at radius 2 is 1.85 bits per heavy atom. The third kappa shape index (κ3) is 4.34. The van der Waals surface area contributed by atoms with Gasteiger partial charge in [0.25, 0.3) is 11.8 Å². The van der Waals surface area contributed by atoms with Crippen LogP contribution in [0, 0.1) is 0 Å². The average Bonchev–Trinajstić information content (AvgIpc) is 2.68. The molecule has 2 aromatic rings. The third-order valence-corrected chi connectivity index (χ3v) is 4.89. The second-order valence-corrected chi connectivity index (χ2v) is 6.84. The zero-order valence-corrected chi connectivity index (χ0v) is 15.7. The van der Waals surface area contributed by atoms with E-state index in [1.54, 1.807) is 41.3 Å². The van der Waals surface area contributed by atoms with Crippen LogP contribution in [0.25, 0.3) is 0 Å². The van der Waals surface area contributed by atoms with Crippen molar-refractivity contribution in [2.45, 2.75) is 18.9 Å². The van der Waals surface area contributed by atoms with Crippen LogP contribution in [0.15, 0.2) is 42.5 Å². The van der Waals surface area contributed by atoms with Crippen molar-refractivity contribution in [2.24, 2.45) is 0 Å². The molecule has 2 amide bonds. The summed E-state index contributed by atoms with van der Waals surface area (Å²) >= 11 is 5.99. The normalized spacial score (nSPS) is 14.7. The van der Waals surface area contributed by atoms with Crippen LogP contribution in [0.2, 0.25) is 5.02 Å². The molecule has 0 saturated carbocycles. The van der Waals surface area contributed by atoms with E-state index in [9.17, 15) is 14.7 Å². The number of hydrogen-bond acceptors (Lipinski definition) is 4. The molecule has 2 N–H and O–H groups in total. The number of phenolic OH excluding ortho intramolecular Hbond substituents is 1. The lowest BCUT2D eigenvalue weighted by atomic mass is 10.0.